The summed E-state index contributed by atoms with van der Waals surface area (Å²) in [7, 11) is -4.13. The fraction of sp³-hybridized carbons (Fsp3) is 0.257. The topological polar surface area (TPSA) is 86.8 Å². The molecular formula is C35H38BrN3O4S. The van der Waals surface area contributed by atoms with Crippen molar-refractivity contribution in [2.75, 3.05) is 10.8 Å². The summed E-state index contributed by atoms with van der Waals surface area (Å²) in [5.41, 5.74) is 3.06. The second kappa shape index (κ2) is 15.2. The molecule has 0 radical (unpaired) electrons. The van der Waals surface area contributed by atoms with E-state index in [-0.39, 0.29) is 29.8 Å². The Kier molecular flexibility index (Phi) is 11.4. The molecule has 4 aromatic rings. The van der Waals surface area contributed by atoms with Crippen molar-refractivity contribution in [1.82, 2.24) is 10.2 Å². The number of nitrogens with one attached hydrogen (secondary N) is 1. The molecule has 230 valence electrons. The first-order chi connectivity index (χ1) is 21.1. The summed E-state index contributed by atoms with van der Waals surface area (Å²) in [5.74, 6) is -0.776. The molecule has 0 spiro atoms. The van der Waals surface area contributed by atoms with Crippen LogP contribution in [0.3, 0.4) is 0 Å². The van der Waals surface area contributed by atoms with Gasteiger partial charge in [0, 0.05) is 23.5 Å². The van der Waals surface area contributed by atoms with Gasteiger partial charge in [-0.3, -0.25) is 13.9 Å². The van der Waals surface area contributed by atoms with Crippen molar-refractivity contribution in [3.05, 3.63) is 130 Å². The largest absolute Gasteiger partial charge is 0.352 e. The molecule has 1 N–H and O–H groups in total. The van der Waals surface area contributed by atoms with Gasteiger partial charge in [-0.25, -0.2) is 8.42 Å². The van der Waals surface area contributed by atoms with E-state index in [4.69, 9.17) is 0 Å². The van der Waals surface area contributed by atoms with Gasteiger partial charge in [-0.05, 0) is 73.4 Å². The smallest absolute Gasteiger partial charge is 0.264 e. The summed E-state index contributed by atoms with van der Waals surface area (Å²) >= 11 is 3.41. The highest BCUT2D eigenvalue weighted by Gasteiger charge is 2.35. The number of aryl methyl sites for hydroxylation is 1. The molecule has 0 unspecified atom stereocenters. The van der Waals surface area contributed by atoms with Gasteiger partial charge < -0.3 is 10.2 Å². The fourth-order valence-corrected chi connectivity index (χ4v) is 6.52. The molecule has 0 bridgehead atoms. The zero-order chi connectivity index (χ0) is 31.7. The maximum Gasteiger partial charge on any atom is 0.264 e. The summed E-state index contributed by atoms with van der Waals surface area (Å²) in [6.07, 6.45) is 0.993. The quantitative estimate of drug-likeness (QED) is 0.175. The van der Waals surface area contributed by atoms with Gasteiger partial charge in [0.15, 0.2) is 0 Å². The lowest BCUT2D eigenvalue weighted by Gasteiger charge is -2.34. The normalized spacial score (nSPS) is 12.6. The van der Waals surface area contributed by atoms with Crippen LogP contribution in [0.4, 0.5) is 5.69 Å². The molecule has 44 heavy (non-hydrogen) atoms. The molecule has 0 aliphatic carbocycles. The first kappa shape index (κ1) is 33.0. The molecule has 0 heterocycles. The number of carbonyl (C=O) groups excluding carboxylic acids is 2. The monoisotopic (exact) mass is 675 g/mol. The Bertz CT molecular complexity index is 1650. The predicted octanol–water partition coefficient (Wildman–Crippen LogP) is 6.51. The first-order valence-electron chi connectivity index (χ1n) is 14.6. The Morgan fingerprint density at radius 2 is 1.43 bits per heavy atom. The van der Waals surface area contributed by atoms with Gasteiger partial charge in [0.1, 0.15) is 12.6 Å². The molecule has 0 aromatic heterocycles. The molecule has 0 saturated heterocycles. The number of carbonyl (C=O) groups is 2. The SMILES string of the molecule is CC[C@H](C)NC(=O)[C@H](Cc1ccccc1)N(Cc1ccccc1C)C(=O)CN(c1ccc(Br)cc1)S(=O)(=O)c1ccccc1. The first-order valence-corrected chi connectivity index (χ1v) is 16.8. The number of amides is 2. The number of halogens is 1. The Morgan fingerprint density at radius 1 is 0.841 bits per heavy atom. The standard InChI is InChI=1S/C35H38BrN3O4S/c1-4-27(3)37-35(41)33(23-28-14-7-5-8-15-28)38(24-29-16-12-11-13-26(29)2)34(40)25-39(31-21-19-30(36)20-22-31)44(42,43)32-17-9-6-10-18-32/h5-22,27,33H,4,23-25H2,1-3H3,(H,37,41)/t27-,33-/m0/s1. The number of hydrogen-bond acceptors (Lipinski definition) is 4. The number of rotatable bonds is 13. The third-order valence-electron chi connectivity index (χ3n) is 7.60. The second-order valence-corrected chi connectivity index (χ2v) is 13.6. The average molecular weight is 677 g/mol. The Balaban J connectivity index is 1.80. The number of anilines is 1. The number of sulfonamides is 1. The van der Waals surface area contributed by atoms with E-state index < -0.39 is 28.5 Å². The van der Waals surface area contributed by atoms with E-state index in [0.717, 1.165) is 31.9 Å². The van der Waals surface area contributed by atoms with Gasteiger partial charge in [0.25, 0.3) is 10.0 Å². The number of hydrogen-bond donors (Lipinski definition) is 1. The Hall–Kier alpha value is -3.95. The average Bonchev–Trinajstić information content (AvgIpc) is 3.03. The van der Waals surface area contributed by atoms with Crippen molar-refractivity contribution in [2.45, 2.75) is 57.1 Å². The van der Waals surface area contributed by atoms with Gasteiger partial charge in [0.2, 0.25) is 11.8 Å². The zero-order valence-corrected chi connectivity index (χ0v) is 27.6. The van der Waals surface area contributed by atoms with Crippen LogP contribution >= 0.6 is 15.9 Å². The Labute approximate surface area is 269 Å². The molecule has 2 atom stereocenters. The van der Waals surface area contributed by atoms with Gasteiger partial charge in [-0.15, -0.1) is 0 Å². The van der Waals surface area contributed by atoms with Crippen molar-refractivity contribution in [1.29, 1.82) is 0 Å². The van der Waals surface area contributed by atoms with Crippen LogP contribution in [0.15, 0.2) is 119 Å². The fourth-order valence-electron chi connectivity index (χ4n) is 4.82. The van der Waals surface area contributed by atoms with Crippen LogP contribution in [0.1, 0.15) is 37.0 Å². The van der Waals surface area contributed by atoms with E-state index in [1.807, 2.05) is 75.4 Å². The van der Waals surface area contributed by atoms with Crippen molar-refractivity contribution in [2.24, 2.45) is 0 Å². The van der Waals surface area contributed by atoms with Crippen LogP contribution in [-0.4, -0.2) is 43.8 Å². The van der Waals surface area contributed by atoms with E-state index in [9.17, 15) is 18.0 Å². The van der Waals surface area contributed by atoms with Crippen LogP contribution in [0, 0.1) is 6.92 Å². The minimum atomic E-state index is -4.13. The molecule has 2 amide bonds. The number of nitrogens with zero attached hydrogens (tertiary/aromatic N) is 2. The highest BCUT2D eigenvalue weighted by atomic mass is 79.9. The van der Waals surface area contributed by atoms with E-state index in [2.05, 4.69) is 21.2 Å². The van der Waals surface area contributed by atoms with E-state index in [0.29, 0.717) is 5.69 Å². The minimum absolute atomic E-state index is 0.0662. The minimum Gasteiger partial charge on any atom is -0.352 e. The van der Waals surface area contributed by atoms with Crippen molar-refractivity contribution < 1.29 is 18.0 Å². The zero-order valence-electron chi connectivity index (χ0n) is 25.2. The van der Waals surface area contributed by atoms with E-state index >= 15 is 0 Å². The molecule has 9 heteroatoms. The lowest BCUT2D eigenvalue weighted by molar-refractivity contribution is -0.140. The van der Waals surface area contributed by atoms with E-state index in [1.54, 1.807) is 42.5 Å². The lowest BCUT2D eigenvalue weighted by atomic mass is 10.0. The maximum absolute atomic E-state index is 14.5. The van der Waals surface area contributed by atoms with Crippen molar-refractivity contribution >= 4 is 43.5 Å². The molecule has 7 nitrogen and oxygen atoms in total. The van der Waals surface area contributed by atoms with Crippen LogP contribution in [0.25, 0.3) is 0 Å². The molecule has 0 fully saturated rings. The summed E-state index contributed by atoms with van der Waals surface area (Å²) in [6, 6.07) is 31.1. The van der Waals surface area contributed by atoms with Crippen molar-refractivity contribution in [3.8, 4) is 0 Å². The summed E-state index contributed by atoms with van der Waals surface area (Å²) in [5, 5.41) is 3.06. The Morgan fingerprint density at radius 3 is 2.05 bits per heavy atom. The summed E-state index contributed by atoms with van der Waals surface area (Å²) in [4.78, 5) is 30.0. The van der Waals surface area contributed by atoms with Crippen LogP contribution in [0.5, 0.6) is 0 Å². The molecule has 4 aromatic carbocycles. The molecule has 0 aliphatic heterocycles. The maximum atomic E-state index is 14.5. The number of benzene rings is 4. The summed E-state index contributed by atoms with van der Waals surface area (Å²) < 4.78 is 30.0. The predicted molar refractivity (Wildman–Crippen MR) is 179 cm³/mol. The van der Waals surface area contributed by atoms with Gasteiger partial charge in [-0.2, -0.15) is 0 Å². The highest BCUT2D eigenvalue weighted by Crippen LogP contribution is 2.26. The third-order valence-corrected chi connectivity index (χ3v) is 9.92. The van der Waals surface area contributed by atoms with Crippen LogP contribution in [-0.2, 0) is 32.6 Å². The summed E-state index contributed by atoms with van der Waals surface area (Å²) in [6.45, 7) is 5.51. The lowest BCUT2D eigenvalue weighted by Crippen LogP contribution is -2.54. The van der Waals surface area contributed by atoms with Crippen LogP contribution < -0.4 is 9.62 Å². The van der Waals surface area contributed by atoms with Gasteiger partial charge in [0.05, 0.1) is 10.6 Å². The molecule has 4 rings (SSSR count). The van der Waals surface area contributed by atoms with Crippen LogP contribution in [0.2, 0.25) is 0 Å². The van der Waals surface area contributed by atoms with Gasteiger partial charge in [-0.1, -0.05) is 95.7 Å². The molecular weight excluding hydrogens is 638 g/mol. The third kappa shape index (κ3) is 8.36. The molecule has 0 saturated carbocycles. The van der Waals surface area contributed by atoms with E-state index in [1.165, 1.54) is 17.0 Å². The molecule has 0 aliphatic rings. The van der Waals surface area contributed by atoms with Gasteiger partial charge >= 0.3 is 0 Å². The van der Waals surface area contributed by atoms with Crippen molar-refractivity contribution in [3.63, 3.8) is 0 Å². The second-order valence-electron chi connectivity index (χ2n) is 10.8. The highest BCUT2D eigenvalue weighted by molar-refractivity contribution is 9.10.